The normalized spacial score (nSPS) is 18.5. The lowest BCUT2D eigenvalue weighted by molar-refractivity contribution is -0.120. The van der Waals surface area contributed by atoms with Gasteiger partial charge in [0.2, 0.25) is 0 Å². The number of fused-ring (bicyclic) bond motifs is 1. The fourth-order valence-corrected chi connectivity index (χ4v) is 5.96. The van der Waals surface area contributed by atoms with Crippen LogP contribution in [0.5, 0.6) is 0 Å². The first-order valence-electron chi connectivity index (χ1n) is 10.7. The zero-order chi connectivity index (χ0) is 22.1. The van der Waals surface area contributed by atoms with Crippen LogP contribution in [0.3, 0.4) is 0 Å². The summed E-state index contributed by atoms with van der Waals surface area (Å²) in [6, 6.07) is 0.846. The zero-order valence-electron chi connectivity index (χ0n) is 17.4. The third-order valence-electron chi connectivity index (χ3n) is 6.04. The van der Waals surface area contributed by atoms with Gasteiger partial charge < -0.3 is 10.1 Å². The quantitative estimate of drug-likeness (QED) is 0.573. The van der Waals surface area contributed by atoms with Crippen LogP contribution >= 0.6 is 0 Å². The molecule has 1 saturated carbocycles. The molecule has 10 nitrogen and oxygen atoms in total. The van der Waals surface area contributed by atoms with E-state index in [4.69, 9.17) is 4.74 Å². The van der Waals surface area contributed by atoms with E-state index in [2.05, 4.69) is 25.4 Å². The van der Waals surface area contributed by atoms with Crippen LogP contribution in [-0.2, 0) is 19.4 Å². The van der Waals surface area contributed by atoms with E-state index in [0.717, 1.165) is 12.8 Å². The van der Waals surface area contributed by atoms with E-state index >= 15 is 0 Å². The van der Waals surface area contributed by atoms with Crippen molar-refractivity contribution < 1.29 is 17.9 Å². The Labute approximate surface area is 185 Å². The molecule has 4 heterocycles. The van der Waals surface area contributed by atoms with Gasteiger partial charge in [-0.3, -0.25) is 9.78 Å². The maximum Gasteiger partial charge on any atom is 0.250 e. The summed E-state index contributed by atoms with van der Waals surface area (Å²) >= 11 is 0. The van der Waals surface area contributed by atoms with Crippen molar-refractivity contribution in [2.45, 2.75) is 48.3 Å². The SMILES string of the molecule is O=C(Nc1cnccn1)[C@H](CC1CCOCC1)n1ncc2c(S(=O)(=O)C3CC3)ccnc21. The molecule has 3 aromatic heterocycles. The van der Waals surface area contributed by atoms with E-state index in [1.54, 1.807) is 4.68 Å². The van der Waals surface area contributed by atoms with E-state index in [1.165, 1.54) is 37.1 Å². The molecule has 168 valence electrons. The second-order valence-corrected chi connectivity index (χ2v) is 10.5. The Morgan fingerprint density at radius 3 is 2.66 bits per heavy atom. The third kappa shape index (κ3) is 4.09. The van der Waals surface area contributed by atoms with Gasteiger partial charge in [-0.15, -0.1) is 0 Å². The molecule has 1 aliphatic heterocycles. The summed E-state index contributed by atoms with van der Waals surface area (Å²) in [6.07, 6.45) is 11.1. The van der Waals surface area contributed by atoms with Crippen LogP contribution in [-0.4, -0.2) is 57.5 Å². The number of sulfone groups is 1. The molecule has 1 aliphatic carbocycles. The molecule has 1 atom stereocenters. The van der Waals surface area contributed by atoms with Gasteiger partial charge >= 0.3 is 0 Å². The summed E-state index contributed by atoms with van der Waals surface area (Å²) < 4.78 is 32.8. The lowest BCUT2D eigenvalue weighted by atomic mass is 9.92. The number of aromatic nitrogens is 5. The van der Waals surface area contributed by atoms with Gasteiger partial charge in [0.25, 0.3) is 5.91 Å². The Hall–Kier alpha value is -2.92. The van der Waals surface area contributed by atoms with Crippen LogP contribution in [0.25, 0.3) is 11.0 Å². The molecule has 11 heteroatoms. The summed E-state index contributed by atoms with van der Waals surface area (Å²) in [5.41, 5.74) is 0.387. The Morgan fingerprint density at radius 1 is 1.12 bits per heavy atom. The van der Waals surface area contributed by atoms with Crippen LogP contribution in [0.2, 0.25) is 0 Å². The van der Waals surface area contributed by atoms with Crippen molar-refractivity contribution in [3.8, 4) is 0 Å². The monoisotopic (exact) mass is 456 g/mol. The zero-order valence-corrected chi connectivity index (χ0v) is 18.2. The van der Waals surface area contributed by atoms with Crippen LogP contribution < -0.4 is 5.32 Å². The minimum Gasteiger partial charge on any atom is -0.381 e. The number of pyridine rings is 1. The molecule has 1 amide bonds. The predicted octanol–water partition coefficient (Wildman–Crippen LogP) is 2.15. The first kappa shape index (κ1) is 21.0. The average molecular weight is 457 g/mol. The highest BCUT2D eigenvalue weighted by atomic mass is 32.2. The van der Waals surface area contributed by atoms with Gasteiger partial charge in [-0.2, -0.15) is 5.10 Å². The van der Waals surface area contributed by atoms with Crippen LogP contribution in [0.4, 0.5) is 5.82 Å². The minimum atomic E-state index is -3.43. The van der Waals surface area contributed by atoms with Gasteiger partial charge in [0.15, 0.2) is 21.3 Å². The molecule has 32 heavy (non-hydrogen) atoms. The molecular formula is C21H24N6O4S. The predicted molar refractivity (Wildman–Crippen MR) is 116 cm³/mol. The highest BCUT2D eigenvalue weighted by Crippen LogP contribution is 2.37. The second-order valence-electron chi connectivity index (χ2n) is 8.27. The van der Waals surface area contributed by atoms with Crippen molar-refractivity contribution in [2.75, 3.05) is 18.5 Å². The highest BCUT2D eigenvalue weighted by molar-refractivity contribution is 7.92. The van der Waals surface area contributed by atoms with Crippen LogP contribution in [0.15, 0.2) is 41.9 Å². The standard InChI is InChI=1S/C21H24N6O4S/c28-21(26-19-13-22-7-8-23-19)17(11-14-4-9-31-10-5-14)27-20-16(12-25-27)18(3-6-24-20)32(29,30)15-1-2-15/h3,6-8,12-15,17H,1-2,4-5,9-11H2,(H,23,26,28)/t17-/m0/s1. The Balaban J connectivity index is 1.52. The molecule has 1 N–H and O–H groups in total. The molecule has 1 saturated heterocycles. The number of ether oxygens (including phenoxy) is 1. The molecule has 0 aromatic carbocycles. The molecule has 5 rings (SSSR count). The van der Waals surface area contributed by atoms with E-state index < -0.39 is 15.9 Å². The van der Waals surface area contributed by atoms with Crippen LogP contribution in [0, 0.1) is 5.92 Å². The van der Waals surface area contributed by atoms with Crippen molar-refractivity contribution in [3.63, 3.8) is 0 Å². The number of nitrogens with zero attached hydrogens (tertiary/aromatic N) is 5. The van der Waals surface area contributed by atoms with Gasteiger partial charge in [-0.25, -0.2) is 23.1 Å². The van der Waals surface area contributed by atoms with Gasteiger partial charge in [0.05, 0.1) is 27.9 Å². The van der Waals surface area contributed by atoms with Gasteiger partial charge in [-0.1, -0.05) is 0 Å². The molecule has 2 fully saturated rings. The molecule has 2 aliphatic rings. The van der Waals surface area contributed by atoms with E-state index in [9.17, 15) is 13.2 Å². The van der Waals surface area contributed by atoms with Crippen LogP contribution in [0.1, 0.15) is 38.1 Å². The van der Waals surface area contributed by atoms with Gasteiger partial charge in [-0.05, 0) is 44.1 Å². The molecule has 0 bridgehead atoms. The van der Waals surface area contributed by atoms with E-state index in [0.29, 0.717) is 49.3 Å². The summed E-state index contributed by atoms with van der Waals surface area (Å²) in [5, 5.41) is 7.36. The number of rotatable bonds is 7. The fraction of sp³-hybridized carbons (Fsp3) is 0.476. The number of carbonyl (C=O) groups is 1. The maximum atomic E-state index is 13.3. The minimum absolute atomic E-state index is 0.232. The fourth-order valence-electron chi connectivity index (χ4n) is 4.15. The smallest absolute Gasteiger partial charge is 0.250 e. The van der Waals surface area contributed by atoms with Gasteiger partial charge in [0, 0.05) is 31.8 Å². The van der Waals surface area contributed by atoms with Crippen molar-refractivity contribution in [1.29, 1.82) is 0 Å². The number of anilines is 1. The Kier molecular flexibility index (Phi) is 5.60. The molecule has 0 unspecified atom stereocenters. The molecular weight excluding hydrogens is 432 g/mol. The topological polar surface area (TPSA) is 129 Å². The lowest BCUT2D eigenvalue weighted by Crippen LogP contribution is -2.30. The molecule has 3 aromatic rings. The first-order chi connectivity index (χ1) is 15.5. The van der Waals surface area contributed by atoms with E-state index in [1.807, 2.05) is 0 Å². The lowest BCUT2D eigenvalue weighted by Gasteiger charge is -2.26. The van der Waals surface area contributed by atoms with Crippen molar-refractivity contribution in [1.82, 2.24) is 24.7 Å². The van der Waals surface area contributed by atoms with Crippen molar-refractivity contribution in [2.24, 2.45) is 5.92 Å². The largest absolute Gasteiger partial charge is 0.381 e. The number of hydrogen-bond donors (Lipinski definition) is 1. The van der Waals surface area contributed by atoms with Gasteiger partial charge in [0.1, 0.15) is 6.04 Å². The number of nitrogens with one attached hydrogen (secondary N) is 1. The summed E-state index contributed by atoms with van der Waals surface area (Å²) in [5.74, 6) is 0.328. The maximum absolute atomic E-state index is 13.3. The highest BCUT2D eigenvalue weighted by Gasteiger charge is 2.38. The number of carbonyl (C=O) groups excluding carboxylic acids is 1. The number of hydrogen-bond acceptors (Lipinski definition) is 8. The summed E-state index contributed by atoms with van der Waals surface area (Å²) in [6.45, 7) is 1.32. The molecule has 0 spiro atoms. The number of amides is 1. The Bertz CT molecular complexity index is 1220. The van der Waals surface area contributed by atoms with E-state index in [-0.39, 0.29) is 22.0 Å². The third-order valence-corrected chi connectivity index (χ3v) is 8.35. The summed E-state index contributed by atoms with van der Waals surface area (Å²) in [4.78, 5) is 26.1. The average Bonchev–Trinajstić information content (AvgIpc) is 3.59. The molecule has 0 radical (unpaired) electrons. The summed E-state index contributed by atoms with van der Waals surface area (Å²) in [7, 11) is -3.43. The second kappa shape index (κ2) is 8.55. The van der Waals surface area contributed by atoms with Crippen molar-refractivity contribution >= 4 is 32.6 Å². The van der Waals surface area contributed by atoms with Crippen molar-refractivity contribution in [3.05, 3.63) is 37.1 Å². The first-order valence-corrected chi connectivity index (χ1v) is 12.3. The Morgan fingerprint density at radius 2 is 1.94 bits per heavy atom.